The molecule has 1 aromatic heterocycles. The predicted molar refractivity (Wildman–Crippen MR) is 93.4 cm³/mol. The summed E-state index contributed by atoms with van der Waals surface area (Å²) in [6.45, 7) is 0.0808. The van der Waals surface area contributed by atoms with Gasteiger partial charge in [0.05, 0.1) is 29.9 Å². The van der Waals surface area contributed by atoms with Gasteiger partial charge in [0.2, 0.25) is 0 Å². The Labute approximate surface area is 148 Å². The number of cyclic esters (lactones) is 1. The van der Waals surface area contributed by atoms with Gasteiger partial charge in [0, 0.05) is 14.1 Å². The molecule has 0 bridgehead atoms. The maximum Gasteiger partial charge on any atom is 0.337 e. The van der Waals surface area contributed by atoms with E-state index in [0.29, 0.717) is 34.0 Å². The summed E-state index contributed by atoms with van der Waals surface area (Å²) in [5.74, 6) is -0.126. The summed E-state index contributed by atoms with van der Waals surface area (Å²) in [5.41, 5.74) is 1.12. The molecule has 0 saturated carbocycles. The fourth-order valence-corrected chi connectivity index (χ4v) is 3.54. The first-order valence-corrected chi connectivity index (χ1v) is 8.05. The van der Waals surface area contributed by atoms with Crippen molar-refractivity contribution in [1.29, 1.82) is 0 Å². The standard InChI is InChI=1S/C18H17N3O5/c1-20-15-14(16(22)21(2)18(20)24)12(9-5-4-6-10(7-9)25-3)13-11(19-15)8-26-17(13)23/h4-7,12,19H,8H2,1-3H3/t12-/m0/s1. The van der Waals surface area contributed by atoms with E-state index in [1.807, 2.05) is 6.07 Å². The molecule has 0 fully saturated rings. The average Bonchev–Trinajstić information content (AvgIpc) is 3.03. The number of hydrogen-bond acceptors (Lipinski definition) is 6. The number of aromatic nitrogens is 2. The zero-order valence-corrected chi connectivity index (χ0v) is 14.5. The van der Waals surface area contributed by atoms with Gasteiger partial charge in [-0.2, -0.15) is 0 Å². The molecule has 0 spiro atoms. The lowest BCUT2D eigenvalue weighted by Gasteiger charge is -2.28. The van der Waals surface area contributed by atoms with Gasteiger partial charge in [-0.3, -0.25) is 13.9 Å². The third kappa shape index (κ3) is 2.11. The number of carbonyl (C=O) groups is 1. The summed E-state index contributed by atoms with van der Waals surface area (Å²) in [6, 6.07) is 7.18. The largest absolute Gasteiger partial charge is 0.497 e. The van der Waals surface area contributed by atoms with Crippen molar-refractivity contribution in [2.75, 3.05) is 19.0 Å². The van der Waals surface area contributed by atoms with Crippen LogP contribution in [0.5, 0.6) is 5.75 Å². The monoisotopic (exact) mass is 355 g/mol. The number of methoxy groups -OCH3 is 1. The zero-order chi connectivity index (χ0) is 18.6. The molecule has 8 nitrogen and oxygen atoms in total. The zero-order valence-electron chi connectivity index (χ0n) is 14.5. The molecule has 1 N–H and O–H groups in total. The van der Waals surface area contributed by atoms with Gasteiger partial charge in [0.25, 0.3) is 5.56 Å². The number of esters is 1. The Morgan fingerprint density at radius 3 is 2.69 bits per heavy atom. The van der Waals surface area contributed by atoms with Gasteiger partial charge in [-0.05, 0) is 17.7 Å². The SMILES string of the molecule is COc1cccc([C@H]2C3=C(COC3=O)Nc3c2c(=O)n(C)c(=O)n3C)c1. The summed E-state index contributed by atoms with van der Waals surface area (Å²) in [4.78, 5) is 37.6. The highest BCUT2D eigenvalue weighted by atomic mass is 16.5. The number of carbonyl (C=O) groups excluding carboxylic acids is 1. The first-order valence-electron chi connectivity index (χ1n) is 8.05. The Kier molecular flexibility index (Phi) is 3.50. The number of rotatable bonds is 2. The number of anilines is 1. The van der Waals surface area contributed by atoms with Gasteiger partial charge in [-0.15, -0.1) is 0 Å². The minimum absolute atomic E-state index is 0.0808. The highest BCUT2D eigenvalue weighted by Gasteiger charge is 2.41. The van der Waals surface area contributed by atoms with Crippen molar-refractivity contribution in [1.82, 2.24) is 9.13 Å². The van der Waals surface area contributed by atoms with Crippen LogP contribution < -0.4 is 21.3 Å². The maximum atomic E-state index is 12.9. The van der Waals surface area contributed by atoms with E-state index in [0.717, 1.165) is 4.57 Å². The molecule has 4 rings (SSSR count). The molecule has 0 amide bonds. The lowest BCUT2D eigenvalue weighted by Crippen LogP contribution is -2.43. The van der Waals surface area contributed by atoms with Crippen LogP contribution in [0.1, 0.15) is 17.0 Å². The summed E-state index contributed by atoms with van der Waals surface area (Å²) >= 11 is 0. The lowest BCUT2D eigenvalue weighted by molar-refractivity contribution is -0.136. The molecular weight excluding hydrogens is 338 g/mol. The van der Waals surface area contributed by atoms with E-state index in [9.17, 15) is 14.4 Å². The minimum Gasteiger partial charge on any atom is -0.497 e. The van der Waals surface area contributed by atoms with Crippen LogP contribution in [0.4, 0.5) is 5.82 Å². The van der Waals surface area contributed by atoms with Crippen molar-refractivity contribution in [3.63, 3.8) is 0 Å². The second-order valence-electron chi connectivity index (χ2n) is 6.27. The predicted octanol–water partition coefficient (Wildman–Crippen LogP) is 0.461. The molecule has 8 heteroatoms. The van der Waals surface area contributed by atoms with Crippen molar-refractivity contribution in [3.8, 4) is 5.75 Å². The number of hydrogen-bond donors (Lipinski definition) is 1. The van der Waals surface area contributed by atoms with Gasteiger partial charge in [-0.25, -0.2) is 9.59 Å². The van der Waals surface area contributed by atoms with E-state index in [1.165, 1.54) is 11.6 Å². The van der Waals surface area contributed by atoms with E-state index in [4.69, 9.17) is 9.47 Å². The first kappa shape index (κ1) is 16.2. The minimum atomic E-state index is -0.642. The maximum absolute atomic E-state index is 12.9. The number of ether oxygens (including phenoxy) is 2. The van der Waals surface area contributed by atoms with Crippen LogP contribution in [-0.4, -0.2) is 28.8 Å². The van der Waals surface area contributed by atoms with Crippen LogP contribution in [0.15, 0.2) is 45.1 Å². The highest BCUT2D eigenvalue weighted by Crippen LogP contribution is 2.42. The topological polar surface area (TPSA) is 91.6 Å². The van der Waals surface area contributed by atoms with Gasteiger partial charge in [0.1, 0.15) is 18.2 Å². The average molecular weight is 355 g/mol. The third-order valence-electron chi connectivity index (χ3n) is 4.87. The molecule has 0 saturated heterocycles. The molecule has 3 heterocycles. The van der Waals surface area contributed by atoms with E-state index in [2.05, 4.69) is 5.32 Å². The van der Waals surface area contributed by atoms with Crippen molar-refractivity contribution >= 4 is 11.8 Å². The van der Waals surface area contributed by atoms with Gasteiger partial charge in [-0.1, -0.05) is 12.1 Å². The van der Waals surface area contributed by atoms with Crippen LogP contribution in [0.3, 0.4) is 0 Å². The van der Waals surface area contributed by atoms with E-state index >= 15 is 0 Å². The van der Waals surface area contributed by atoms with Crippen molar-refractivity contribution in [2.45, 2.75) is 5.92 Å². The van der Waals surface area contributed by atoms with Crippen LogP contribution in [0, 0.1) is 0 Å². The third-order valence-corrected chi connectivity index (χ3v) is 4.87. The molecule has 26 heavy (non-hydrogen) atoms. The summed E-state index contributed by atoms with van der Waals surface area (Å²) in [5, 5.41) is 3.05. The fraction of sp³-hybridized carbons (Fsp3) is 0.278. The van der Waals surface area contributed by atoms with Crippen molar-refractivity contribution in [3.05, 3.63) is 67.5 Å². The quantitative estimate of drug-likeness (QED) is 0.787. The molecule has 134 valence electrons. The second-order valence-corrected chi connectivity index (χ2v) is 6.27. The molecule has 1 aromatic carbocycles. The van der Waals surface area contributed by atoms with Crippen molar-refractivity contribution < 1.29 is 14.3 Å². The van der Waals surface area contributed by atoms with Gasteiger partial charge < -0.3 is 14.8 Å². The normalized spacial score (nSPS) is 18.1. The van der Waals surface area contributed by atoms with Crippen LogP contribution in [0.2, 0.25) is 0 Å². The molecule has 2 aliphatic rings. The van der Waals surface area contributed by atoms with Crippen LogP contribution in [0.25, 0.3) is 0 Å². The van der Waals surface area contributed by atoms with Crippen LogP contribution >= 0.6 is 0 Å². The summed E-state index contributed by atoms with van der Waals surface area (Å²) in [6.07, 6.45) is 0. The Morgan fingerprint density at radius 2 is 1.96 bits per heavy atom. The first-order chi connectivity index (χ1) is 12.4. The molecule has 2 aliphatic heterocycles. The molecular formula is C18H17N3O5. The Balaban J connectivity index is 2.07. The number of nitrogens with one attached hydrogen (secondary N) is 1. The Morgan fingerprint density at radius 1 is 1.19 bits per heavy atom. The molecule has 0 unspecified atom stereocenters. The van der Waals surface area contributed by atoms with E-state index in [1.54, 1.807) is 32.4 Å². The fourth-order valence-electron chi connectivity index (χ4n) is 3.54. The Hall–Kier alpha value is -3.29. The number of benzene rings is 1. The molecule has 1 atom stereocenters. The summed E-state index contributed by atoms with van der Waals surface area (Å²) in [7, 11) is 4.55. The molecule has 0 radical (unpaired) electrons. The van der Waals surface area contributed by atoms with Gasteiger partial charge in [0.15, 0.2) is 0 Å². The van der Waals surface area contributed by atoms with Crippen LogP contribution in [-0.2, 0) is 23.6 Å². The second kappa shape index (κ2) is 5.62. The van der Waals surface area contributed by atoms with E-state index < -0.39 is 23.1 Å². The Bertz CT molecular complexity index is 1090. The number of fused-ring (bicyclic) bond motifs is 1. The molecule has 2 aromatic rings. The smallest absolute Gasteiger partial charge is 0.337 e. The summed E-state index contributed by atoms with van der Waals surface area (Å²) < 4.78 is 12.9. The molecule has 0 aliphatic carbocycles. The lowest BCUT2D eigenvalue weighted by atomic mass is 9.82. The number of nitrogens with zero attached hydrogens (tertiary/aromatic N) is 2. The van der Waals surface area contributed by atoms with E-state index in [-0.39, 0.29) is 6.61 Å². The van der Waals surface area contributed by atoms with Crippen molar-refractivity contribution in [2.24, 2.45) is 14.1 Å². The van der Waals surface area contributed by atoms with Gasteiger partial charge >= 0.3 is 11.7 Å². The highest BCUT2D eigenvalue weighted by molar-refractivity contribution is 5.96.